The minimum atomic E-state index is -3.04. The molecule has 0 heterocycles. The summed E-state index contributed by atoms with van der Waals surface area (Å²) in [5.74, 6) is 0.289. The molecule has 0 aliphatic rings. The largest absolute Gasteiger partial charge is 0.275 e. The van der Waals surface area contributed by atoms with Crippen LogP contribution in [0.15, 0.2) is 18.2 Å². The quantitative estimate of drug-likeness (QED) is 0.702. The zero-order valence-electron chi connectivity index (χ0n) is 9.24. The molecule has 1 aromatic carbocycles. The standard InChI is InChI=1S/C12H14ClF3/c1-8-4-3-5-10(9(8)6-7-13)12(2,16)11(14)15/h3-5,11H,6-7H2,1-2H3. The highest BCUT2D eigenvalue weighted by molar-refractivity contribution is 6.18. The third-order valence-corrected chi connectivity index (χ3v) is 2.88. The van der Waals surface area contributed by atoms with E-state index in [0.717, 1.165) is 12.5 Å². The predicted molar refractivity (Wildman–Crippen MR) is 60.1 cm³/mol. The van der Waals surface area contributed by atoms with Gasteiger partial charge in [0.05, 0.1) is 0 Å². The van der Waals surface area contributed by atoms with Gasteiger partial charge in [0.1, 0.15) is 0 Å². The van der Waals surface area contributed by atoms with Crippen molar-refractivity contribution in [1.29, 1.82) is 0 Å². The SMILES string of the molecule is Cc1cccc(C(C)(F)C(F)F)c1CCCl. The maximum atomic E-state index is 13.9. The van der Waals surface area contributed by atoms with Crippen LogP contribution in [0.2, 0.25) is 0 Å². The summed E-state index contributed by atoms with van der Waals surface area (Å²) >= 11 is 5.60. The van der Waals surface area contributed by atoms with Crippen molar-refractivity contribution in [3.05, 3.63) is 34.9 Å². The van der Waals surface area contributed by atoms with Gasteiger partial charge in [0.25, 0.3) is 6.43 Å². The van der Waals surface area contributed by atoms with E-state index in [1.165, 1.54) is 6.07 Å². The maximum Gasteiger partial charge on any atom is 0.275 e. The van der Waals surface area contributed by atoms with E-state index in [1.807, 2.05) is 0 Å². The molecule has 0 saturated carbocycles. The fourth-order valence-corrected chi connectivity index (χ4v) is 1.89. The second-order valence-corrected chi connectivity index (χ2v) is 4.29. The number of aryl methyl sites for hydroxylation is 1. The molecule has 90 valence electrons. The number of hydrogen-bond acceptors (Lipinski definition) is 0. The van der Waals surface area contributed by atoms with Crippen molar-refractivity contribution in [1.82, 2.24) is 0 Å². The summed E-state index contributed by atoms with van der Waals surface area (Å²) in [6.45, 7) is 2.68. The van der Waals surface area contributed by atoms with Crippen molar-refractivity contribution >= 4 is 11.6 Å². The Morgan fingerprint density at radius 3 is 2.50 bits per heavy atom. The van der Waals surface area contributed by atoms with Gasteiger partial charge in [-0.05, 0) is 37.0 Å². The van der Waals surface area contributed by atoms with Crippen molar-refractivity contribution in [2.24, 2.45) is 0 Å². The van der Waals surface area contributed by atoms with Crippen LogP contribution in [0.25, 0.3) is 0 Å². The van der Waals surface area contributed by atoms with Gasteiger partial charge in [0, 0.05) is 5.88 Å². The molecule has 0 amide bonds. The van der Waals surface area contributed by atoms with Gasteiger partial charge in [-0.2, -0.15) is 0 Å². The van der Waals surface area contributed by atoms with Crippen molar-refractivity contribution < 1.29 is 13.2 Å². The lowest BCUT2D eigenvalue weighted by Crippen LogP contribution is -2.27. The zero-order valence-corrected chi connectivity index (χ0v) is 9.99. The van der Waals surface area contributed by atoms with E-state index in [1.54, 1.807) is 19.1 Å². The smallest absolute Gasteiger partial charge is 0.233 e. The molecule has 0 saturated heterocycles. The normalized spacial score (nSPS) is 15.2. The number of hydrogen-bond donors (Lipinski definition) is 0. The molecule has 16 heavy (non-hydrogen) atoms. The van der Waals surface area contributed by atoms with Gasteiger partial charge in [-0.1, -0.05) is 18.2 Å². The number of rotatable bonds is 4. The first-order chi connectivity index (χ1) is 7.41. The second-order valence-electron chi connectivity index (χ2n) is 3.92. The monoisotopic (exact) mass is 250 g/mol. The van der Waals surface area contributed by atoms with Crippen molar-refractivity contribution in [3.8, 4) is 0 Å². The van der Waals surface area contributed by atoms with Gasteiger partial charge in [-0.3, -0.25) is 0 Å². The predicted octanol–water partition coefficient (Wildman–Crippen LogP) is 4.23. The summed E-state index contributed by atoms with van der Waals surface area (Å²) in [6, 6.07) is 4.76. The Kier molecular flexibility index (Phi) is 4.25. The molecule has 0 aromatic heterocycles. The Bertz CT molecular complexity index is 361. The Labute approximate surface area is 98.4 Å². The molecular formula is C12H14ClF3. The third-order valence-electron chi connectivity index (χ3n) is 2.69. The average Bonchev–Trinajstić information content (AvgIpc) is 2.20. The van der Waals surface area contributed by atoms with E-state index in [0.29, 0.717) is 12.0 Å². The number of halogens is 4. The van der Waals surface area contributed by atoms with E-state index >= 15 is 0 Å². The highest BCUT2D eigenvalue weighted by atomic mass is 35.5. The van der Waals surface area contributed by atoms with Gasteiger partial charge >= 0.3 is 0 Å². The average molecular weight is 251 g/mol. The van der Waals surface area contributed by atoms with Crippen molar-refractivity contribution in [2.45, 2.75) is 32.4 Å². The van der Waals surface area contributed by atoms with E-state index in [2.05, 4.69) is 0 Å². The Morgan fingerprint density at radius 1 is 1.38 bits per heavy atom. The topological polar surface area (TPSA) is 0 Å². The first-order valence-electron chi connectivity index (χ1n) is 5.03. The van der Waals surface area contributed by atoms with E-state index in [-0.39, 0.29) is 11.4 Å². The van der Waals surface area contributed by atoms with Gasteiger partial charge in [-0.15, -0.1) is 11.6 Å². The molecule has 0 aliphatic carbocycles. The molecule has 0 N–H and O–H groups in total. The number of benzene rings is 1. The molecule has 0 radical (unpaired) electrons. The Balaban J connectivity index is 3.27. The lowest BCUT2D eigenvalue weighted by Gasteiger charge is -2.24. The molecule has 0 spiro atoms. The van der Waals surface area contributed by atoms with Crippen LogP contribution in [-0.2, 0) is 12.1 Å². The van der Waals surface area contributed by atoms with E-state index < -0.39 is 12.1 Å². The number of alkyl halides is 4. The summed E-state index contributed by atoms with van der Waals surface area (Å²) in [7, 11) is 0. The summed E-state index contributed by atoms with van der Waals surface area (Å²) in [6.07, 6.45) is -2.64. The summed E-state index contributed by atoms with van der Waals surface area (Å²) in [5, 5.41) is 0. The first-order valence-corrected chi connectivity index (χ1v) is 5.56. The molecule has 0 fully saturated rings. The second kappa shape index (κ2) is 5.09. The minimum absolute atomic E-state index is 0.0446. The minimum Gasteiger partial charge on any atom is -0.233 e. The van der Waals surface area contributed by atoms with Crippen molar-refractivity contribution in [2.75, 3.05) is 5.88 Å². The van der Waals surface area contributed by atoms with Crippen LogP contribution in [0.4, 0.5) is 13.2 Å². The highest BCUT2D eigenvalue weighted by Crippen LogP contribution is 2.35. The Hall–Kier alpha value is -0.700. The summed E-state index contributed by atoms with van der Waals surface area (Å²) in [4.78, 5) is 0. The van der Waals surface area contributed by atoms with Crippen LogP contribution >= 0.6 is 11.6 Å². The van der Waals surface area contributed by atoms with Crippen LogP contribution in [0.3, 0.4) is 0 Å². The van der Waals surface area contributed by atoms with Crippen molar-refractivity contribution in [3.63, 3.8) is 0 Å². The zero-order chi connectivity index (χ0) is 12.3. The highest BCUT2D eigenvalue weighted by Gasteiger charge is 2.38. The fourth-order valence-electron chi connectivity index (χ4n) is 1.70. The van der Waals surface area contributed by atoms with Gasteiger partial charge in [0.2, 0.25) is 0 Å². The molecule has 1 unspecified atom stereocenters. The molecule has 0 nitrogen and oxygen atoms in total. The first kappa shape index (κ1) is 13.4. The van der Waals surface area contributed by atoms with Crippen LogP contribution in [-0.4, -0.2) is 12.3 Å². The van der Waals surface area contributed by atoms with Gasteiger partial charge in [-0.25, -0.2) is 13.2 Å². The fraction of sp³-hybridized carbons (Fsp3) is 0.500. The van der Waals surface area contributed by atoms with Crippen LogP contribution in [0.1, 0.15) is 23.6 Å². The molecule has 1 aromatic rings. The lowest BCUT2D eigenvalue weighted by atomic mass is 9.89. The van der Waals surface area contributed by atoms with Crippen LogP contribution in [0.5, 0.6) is 0 Å². The lowest BCUT2D eigenvalue weighted by molar-refractivity contribution is -0.0263. The van der Waals surface area contributed by atoms with E-state index in [4.69, 9.17) is 11.6 Å². The third kappa shape index (κ3) is 2.51. The molecule has 1 rings (SSSR count). The maximum absolute atomic E-state index is 13.9. The summed E-state index contributed by atoms with van der Waals surface area (Å²) < 4.78 is 39.2. The van der Waals surface area contributed by atoms with Crippen LogP contribution in [0, 0.1) is 6.92 Å². The van der Waals surface area contributed by atoms with Gasteiger partial charge < -0.3 is 0 Å². The van der Waals surface area contributed by atoms with Crippen LogP contribution < -0.4 is 0 Å². The van der Waals surface area contributed by atoms with Gasteiger partial charge in [0.15, 0.2) is 5.67 Å². The molecule has 0 aliphatic heterocycles. The Morgan fingerprint density at radius 2 is 2.00 bits per heavy atom. The molecular weight excluding hydrogens is 237 g/mol. The molecule has 0 bridgehead atoms. The molecule has 1 atom stereocenters. The summed E-state index contributed by atoms with van der Waals surface area (Å²) in [5.41, 5.74) is -1.19. The molecule has 4 heteroatoms. The van der Waals surface area contributed by atoms with E-state index in [9.17, 15) is 13.2 Å².